The number of nitrogens with zero attached hydrogens (tertiary/aromatic N) is 1. The third-order valence-electron chi connectivity index (χ3n) is 2.22. The lowest BCUT2D eigenvalue weighted by Gasteiger charge is -2.23. The summed E-state index contributed by atoms with van der Waals surface area (Å²) in [5.41, 5.74) is -0.408. The van der Waals surface area contributed by atoms with Gasteiger partial charge in [0.25, 0.3) is 5.91 Å². The Bertz CT molecular complexity index is 465. The summed E-state index contributed by atoms with van der Waals surface area (Å²) >= 11 is 5.35. The number of alkyl halides is 4. The Morgan fingerprint density at radius 3 is 2.47 bits per heavy atom. The highest BCUT2D eigenvalue weighted by atomic mass is 35.5. The number of halogens is 4. The molecule has 0 unspecified atom stereocenters. The van der Waals surface area contributed by atoms with Crippen molar-refractivity contribution in [2.24, 2.45) is 0 Å². The Morgan fingerprint density at radius 1 is 1.32 bits per heavy atom. The maximum atomic E-state index is 12.3. The highest BCUT2D eigenvalue weighted by molar-refractivity contribution is 6.18. The molecule has 1 rings (SSSR count). The summed E-state index contributed by atoms with van der Waals surface area (Å²) in [6.45, 7) is -1.80. The fourth-order valence-corrected chi connectivity index (χ4v) is 1.64. The van der Waals surface area contributed by atoms with Gasteiger partial charge in [0, 0.05) is 12.4 Å². The molecule has 0 saturated carbocycles. The maximum Gasteiger partial charge on any atom is 0.406 e. The first-order valence-electron chi connectivity index (χ1n) is 5.18. The number of hydrogen-bond acceptors (Lipinski definition) is 3. The molecule has 8 heteroatoms. The van der Waals surface area contributed by atoms with E-state index >= 15 is 0 Å². The van der Waals surface area contributed by atoms with Gasteiger partial charge in [0.1, 0.15) is 18.0 Å². The number of carbonyl (C=O) groups is 1. The van der Waals surface area contributed by atoms with Crippen LogP contribution in [0.5, 0.6) is 11.5 Å². The van der Waals surface area contributed by atoms with Crippen molar-refractivity contribution in [1.82, 2.24) is 4.90 Å². The zero-order valence-electron chi connectivity index (χ0n) is 9.62. The lowest BCUT2D eigenvalue weighted by atomic mass is 10.1. The van der Waals surface area contributed by atoms with Crippen LogP contribution >= 0.6 is 11.6 Å². The molecule has 1 aromatic rings. The quantitative estimate of drug-likeness (QED) is 0.662. The van der Waals surface area contributed by atoms with Crippen molar-refractivity contribution >= 4 is 17.5 Å². The maximum absolute atomic E-state index is 12.3. The topological polar surface area (TPSA) is 60.8 Å². The van der Waals surface area contributed by atoms with Gasteiger partial charge in [0.05, 0.1) is 5.56 Å². The molecule has 2 N–H and O–H groups in total. The van der Waals surface area contributed by atoms with Gasteiger partial charge in [-0.05, 0) is 18.2 Å². The summed E-state index contributed by atoms with van der Waals surface area (Å²) in [6, 6.07) is 3.03. The predicted molar refractivity (Wildman–Crippen MR) is 62.5 cm³/mol. The van der Waals surface area contributed by atoms with Gasteiger partial charge in [-0.2, -0.15) is 13.2 Å². The van der Waals surface area contributed by atoms with E-state index in [9.17, 15) is 28.2 Å². The molecule has 4 nitrogen and oxygen atoms in total. The highest BCUT2D eigenvalue weighted by Crippen LogP contribution is 2.25. The molecular formula is C11H11ClF3NO3. The van der Waals surface area contributed by atoms with Gasteiger partial charge in [-0.1, -0.05) is 0 Å². The molecule has 0 aliphatic carbocycles. The van der Waals surface area contributed by atoms with Crippen LogP contribution in [-0.4, -0.2) is 46.2 Å². The first kappa shape index (κ1) is 15.4. The Balaban J connectivity index is 3.02. The molecule has 0 aromatic heterocycles. The average molecular weight is 298 g/mol. The summed E-state index contributed by atoms with van der Waals surface area (Å²) < 4.78 is 37.0. The van der Waals surface area contributed by atoms with Gasteiger partial charge in [-0.3, -0.25) is 4.79 Å². The third-order valence-corrected chi connectivity index (χ3v) is 2.39. The van der Waals surface area contributed by atoms with E-state index in [0.717, 1.165) is 18.2 Å². The molecule has 0 spiro atoms. The van der Waals surface area contributed by atoms with Gasteiger partial charge in [0.2, 0.25) is 0 Å². The molecule has 19 heavy (non-hydrogen) atoms. The molecule has 1 amide bonds. The van der Waals surface area contributed by atoms with E-state index in [1.165, 1.54) is 0 Å². The third kappa shape index (κ3) is 4.51. The monoisotopic (exact) mass is 297 g/mol. The van der Waals surface area contributed by atoms with E-state index in [0.29, 0.717) is 4.90 Å². The van der Waals surface area contributed by atoms with E-state index in [1.54, 1.807) is 0 Å². The first-order chi connectivity index (χ1) is 8.74. The number of phenols is 2. The molecule has 0 bridgehead atoms. The molecule has 0 radical (unpaired) electrons. The van der Waals surface area contributed by atoms with Gasteiger partial charge >= 0.3 is 6.18 Å². The van der Waals surface area contributed by atoms with E-state index < -0.39 is 29.9 Å². The molecule has 1 aromatic carbocycles. The minimum absolute atomic E-state index is 0.179. The van der Waals surface area contributed by atoms with Gasteiger partial charge in [0.15, 0.2) is 0 Å². The number of carbonyl (C=O) groups excluding carboxylic acids is 1. The van der Waals surface area contributed by atoms with Crippen molar-refractivity contribution in [2.75, 3.05) is 19.0 Å². The lowest BCUT2D eigenvalue weighted by Crippen LogP contribution is -2.40. The fraction of sp³-hybridized carbons (Fsp3) is 0.364. The number of hydrogen-bond donors (Lipinski definition) is 2. The smallest absolute Gasteiger partial charge is 0.406 e. The molecule has 0 saturated heterocycles. The number of phenolic OH excluding ortho intramolecular Hbond substituents is 2. The Hall–Kier alpha value is -1.63. The van der Waals surface area contributed by atoms with E-state index in [4.69, 9.17) is 11.6 Å². The van der Waals surface area contributed by atoms with Crippen molar-refractivity contribution in [1.29, 1.82) is 0 Å². The number of rotatable bonds is 4. The van der Waals surface area contributed by atoms with E-state index in [-0.39, 0.29) is 18.2 Å². The Labute approximate surface area is 112 Å². The summed E-state index contributed by atoms with van der Waals surface area (Å²) in [6.07, 6.45) is -4.58. The zero-order chi connectivity index (χ0) is 14.6. The summed E-state index contributed by atoms with van der Waals surface area (Å²) in [7, 11) is 0. The minimum atomic E-state index is -4.58. The van der Waals surface area contributed by atoms with E-state index in [2.05, 4.69) is 0 Å². The zero-order valence-corrected chi connectivity index (χ0v) is 10.4. The average Bonchev–Trinajstić information content (AvgIpc) is 2.29. The molecule has 0 atom stereocenters. The molecule has 0 aliphatic rings. The number of amides is 1. The van der Waals surface area contributed by atoms with Crippen molar-refractivity contribution in [3.05, 3.63) is 23.8 Å². The molecule has 106 valence electrons. The minimum Gasteiger partial charge on any atom is -0.508 e. The number of aromatic hydroxyl groups is 2. The molecule has 0 aliphatic heterocycles. The summed E-state index contributed by atoms with van der Waals surface area (Å²) in [5.74, 6) is -2.07. The molecule has 0 fully saturated rings. The van der Waals surface area contributed by atoms with Gasteiger partial charge < -0.3 is 15.1 Å². The van der Waals surface area contributed by atoms with Crippen molar-refractivity contribution in [3.63, 3.8) is 0 Å². The van der Waals surface area contributed by atoms with Crippen LogP contribution in [0.3, 0.4) is 0 Å². The second-order valence-electron chi connectivity index (χ2n) is 3.73. The van der Waals surface area contributed by atoms with Crippen LogP contribution in [0.15, 0.2) is 18.2 Å². The largest absolute Gasteiger partial charge is 0.508 e. The Morgan fingerprint density at radius 2 is 1.95 bits per heavy atom. The SMILES string of the molecule is O=C(c1cc(O)ccc1O)N(CCCl)CC(F)(F)F. The lowest BCUT2D eigenvalue weighted by molar-refractivity contribution is -0.140. The first-order valence-corrected chi connectivity index (χ1v) is 5.72. The summed E-state index contributed by atoms with van der Waals surface area (Å²) in [4.78, 5) is 12.3. The van der Waals surface area contributed by atoms with Gasteiger partial charge in [-0.15, -0.1) is 11.6 Å². The molecular weight excluding hydrogens is 287 g/mol. The Kier molecular flexibility index (Phi) is 4.88. The van der Waals surface area contributed by atoms with Crippen LogP contribution in [-0.2, 0) is 0 Å². The second kappa shape index (κ2) is 6.01. The normalized spacial score (nSPS) is 11.4. The van der Waals surface area contributed by atoms with Crippen molar-refractivity contribution in [2.45, 2.75) is 6.18 Å². The second-order valence-corrected chi connectivity index (χ2v) is 4.11. The van der Waals surface area contributed by atoms with Crippen LogP contribution in [0.1, 0.15) is 10.4 Å². The van der Waals surface area contributed by atoms with Gasteiger partial charge in [-0.25, -0.2) is 0 Å². The van der Waals surface area contributed by atoms with Crippen LogP contribution in [0.2, 0.25) is 0 Å². The highest BCUT2D eigenvalue weighted by Gasteiger charge is 2.33. The number of benzene rings is 1. The van der Waals surface area contributed by atoms with Crippen molar-refractivity contribution in [3.8, 4) is 11.5 Å². The van der Waals surface area contributed by atoms with Crippen LogP contribution in [0.25, 0.3) is 0 Å². The van der Waals surface area contributed by atoms with Crippen molar-refractivity contribution < 1.29 is 28.2 Å². The predicted octanol–water partition coefficient (Wildman–Crippen LogP) is 2.34. The summed E-state index contributed by atoms with van der Waals surface area (Å²) in [5, 5.41) is 18.6. The molecule has 0 heterocycles. The van der Waals surface area contributed by atoms with Crippen LogP contribution in [0.4, 0.5) is 13.2 Å². The van der Waals surface area contributed by atoms with Crippen LogP contribution in [0, 0.1) is 0 Å². The fourth-order valence-electron chi connectivity index (χ4n) is 1.44. The standard InChI is InChI=1S/C11H11ClF3NO3/c12-3-4-16(6-11(13,14)15)10(19)8-5-7(17)1-2-9(8)18/h1-2,5,17-18H,3-4,6H2. The van der Waals surface area contributed by atoms with E-state index in [1.807, 2.05) is 0 Å². The van der Waals surface area contributed by atoms with Crippen LogP contribution < -0.4 is 0 Å².